The number of rotatable bonds is 6. The molecule has 1 N–H and O–H groups in total. The summed E-state index contributed by atoms with van der Waals surface area (Å²) in [5.74, 6) is 0.108. The summed E-state index contributed by atoms with van der Waals surface area (Å²) in [5, 5.41) is 3.02. The van der Waals surface area contributed by atoms with E-state index in [0.717, 1.165) is 32.5 Å². The van der Waals surface area contributed by atoms with E-state index in [-0.39, 0.29) is 12.0 Å². The van der Waals surface area contributed by atoms with Crippen LogP contribution in [0.4, 0.5) is 0 Å². The summed E-state index contributed by atoms with van der Waals surface area (Å²) >= 11 is 0. The zero-order valence-corrected chi connectivity index (χ0v) is 13.7. The van der Waals surface area contributed by atoms with Crippen molar-refractivity contribution in [3.63, 3.8) is 0 Å². The van der Waals surface area contributed by atoms with Gasteiger partial charge < -0.3 is 14.8 Å². The van der Waals surface area contributed by atoms with Crippen molar-refractivity contribution in [3.8, 4) is 0 Å². The van der Waals surface area contributed by atoms with Crippen LogP contribution in [0.5, 0.6) is 0 Å². The molecule has 1 amide bonds. The lowest BCUT2D eigenvalue weighted by molar-refractivity contribution is -0.139. The molecule has 2 atom stereocenters. The standard InChI is InChI=1S/C17H25N3O3/c1-22-11-8-19-16(21)17-5-10-23-15(17)4-9-20(13-17)12-14-2-6-18-7-3-14/h2-3,6-7,15H,4-5,8-13H2,1H3,(H,19,21)/t15-,17-/m1/s1. The van der Waals surface area contributed by atoms with E-state index >= 15 is 0 Å². The normalized spacial score (nSPS) is 27.6. The summed E-state index contributed by atoms with van der Waals surface area (Å²) < 4.78 is 10.9. The molecule has 3 heterocycles. The maximum Gasteiger partial charge on any atom is 0.230 e. The fraction of sp³-hybridized carbons (Fsp3) is 0.647. The number of amides is 1. The van der Waals surface area contributed by atoms with Gasteiger partial charge in [-0.1, -0.05) is 0 Å². The molecule has 2 saturated heterocycles. The van der Waals surface area contributed by atoms with Crippen molar-refractivity contribution in [3.05, 3.63) is 30.1 Å². The Morgan fingerprint density at radius 2 is 2.35 bits per heavy atom. The molecule has 6 heteroatoms. The molecule has 0 bridgehead atoms. The van der Waals surface area contributed by atoms with Gasteiger partial charge in [-0.15, -0.1) is 0 Å². The molecule has 0 aliphatic carbocycles. The minimum atomic E-state index is -0.418. The minimum absolute atomic E-state index is 0.0405. The smallest absolute Gasteiger partial charge is 0.230 e. The summed E-state index contributed by atoms with van der Waals surface area (Å²) in [6.45, 7) is 4.31. The fourth-order valence-corrected chi connectivity index (χ4v) is 3.68. The lowest BCUT2D eigenvalue weighted by atomic mass is 9.75. The van der Waals surface area contributed by atoms with Gasteiger partial charge in [0.25, 0.3) is 0 Å². The maximum absolute atomic E-state index is 12.8. The SMILES string of the molecule is COCCNC(=O)[C@@]12CCO[C@@H]1CCN(Cc1ccncc1)C2. The van der Waals surface area contributed by atoms with Crippen molar-refractivity contribution < 1.29 is 14.3 Å². The minimum Gasteiger partial charge on any atom is -0.383 e. The predicted octanol–water partition coefficient (Wildman–Crippen LogP) is 0.825. The van der Waals surface area contributed by atoms with Crippen LogP contribution in [-0.2, 0) is 20.8 Å². The highest BCUT2D eigenvalue weighted by Gasteiger charge is 2.52. The molecule has 23 heavy (non-hydrogen) atoms. The Kier molecular flexibility index (Phi) is 5.25. The van der Waals surface area contributed by atoms with Gasteiger partial charge in [0.2, 0.25) is 5.91 Å². The molecule has 0 aromatic carbocycles. The first kappa shape index (κ1) is 16.4. The number of carbonyl (C=O) groups excluding carboxylic acids is 1. The van der Waals surface area contributed by atoms with Crippen LogP contribution < -0.4 is 5.32 Å². The maximum atomic E-state index is 12.8. The highest BCUT2D eigenvalue weighted by atomic mass is 16.5. The molecule has 2 aliphatic rings. The second-order valence-corrected chi connectivity index (χ2v) is 6.37. The molecule has 1 aromatic heterocycles. The van der Waals surface area contributed by atoms with Crippen molar-refractivity contribution in [2.24, 2.45) is 5.41 Å². The number of ether oxygens (including phenoxy) is 2. The van der Waals surface area contributed by atoms with Crippen molar-refractivity contribution in [2.75, 3.05) is 40.0 Å². The van der Waals surface area contributed by atoms with Gasteiger partial charge in [0.15, 0.2) is 0 Å². The molecule has 3 rings (SSSR count). The van der Waals surface area contributed by atoms with Gasteiger partial charge in [0.1, 0.15) is 0 Å². The van der Waals surface area contributed by atoms with Gasteiger partial charge in [-0.3, -0.25) is 14.7 Å². The third kappa shape index (κ3) is 3.54. The van der Waals surface area contributed by atoms with Crippen LogP contribution in [0, 0.1) is 5.41 Å². The first-order valence-corrected chi connectivity index (χ1v) is 8.25. The van der Waals surface area contributed by atoms with E-state index in [0.29, 0.717) is 19.8 Å². The van der Waals surface area contributed by atoms with E-state index in [9.17, 15) is 4.79 Å². The van der Waals surface area contributed by atoms with E-state index in [2.05, 4.69) is 15.2 Å². The molecule has 1 aromatic rings. The summed E-state index contributed by atoms with van der Waals surface area (Å²) in [6, 6.07) is 4.06. The third-order valence-electron chi connectivity index (χ3n) is 4.90. The van der Waals surface area contributed by atoms with Crippen molar-refractivity contribution in [2.45, 2.75) is 25.5 Å². The number of hydrogen-bond acceptors (Lipinski definition) is 5. The van der Waals surface area contributed by atoms with Crippen LogP contribution in [-0.4, -0.2) is 61.9 Å². The molecule has 2 aliphatic heterocycles. The molecular formula is C17H25N3O3. The zero-order chi connectivity index (χ0) is 16.1. The number of fused-ring (bicyclic) bond motifs is 1. The van der Waals surface area contributed by atoms with Crippen LogP contribution in [0.2, 0.25) is 0 Å². The van der Waals surface area contributed by atoms with Crippen molar-refractivity contribution in [1.29, 1.82) is 0 Å². The van der Waals surface area contributed by atoms with E-state index in [1.54, 1.807) is 7.11 Å². The summed E-state index contributed by atoms with van der Waals surface area (Å²) in [4.78, 5) is 19.2. The van der Waals surface area contributed by atoms with Gasteiger partial charge in [0, 0.05) is 52.3 Å². The van der Waals surface area contributed by atoms with E-state index in [4.69, 9.17) is 9.47 Å². The van der Waals surface area contributed by atoms with Crippen LogP contribution in [0.3, 0.4) is 0 Å². The van der Waals surface area contributed by atoms with Gasteiger partial charge in [0.05, 0.1) is 18.1 Å². The molecule has 0 unspecified atom stereocenters. The number of nitrogens with zero attached hydrogens (tertiary/aromatic N) is 2. The lowest BCUT2D eigenvalue weighted by Crippen LogP contribution is -2.57. The highest BCUT2D eigenvalue weighted by molar-refractivity contribution is 5.84. The Labute approximate surface area is 137 Å². The van der Waals surface area contributed by atoms with Gasteiger partial charge in [-0.2, -0.15) is 0 Å². The summed E-state index contributed by atoms with van der Waals surface area (Å²) in [5.41, 5.74) is 0.811. The Balaban J connectivity index is 1.67. The second kappa shape index (κ2) is 7.38. The Bertz CT molecular complexity index is 525. The van der Waals surface area contributed by atoms with Crippen molar-refractivity contribution >= 4 is 5.91 Å². The summed E-state index contributed by atoms with van der Waals surface area (Å²) in [6.07, 6.45) is 5.37. The predicted molar refractivity (Wildman–Crippen MR) is 85.8 cm³/mol. The zero-order valence-electron chi connectivity index (χ0n) is 13.7. The number of likely N-dealkylation sites (tertiary alicyclic amines) is 1. The molecule has 6 nitrogen and oxygen atoms in total. The molecule has 126 valence electrons. The van der Waals surface area contributed by atoms with Gasteiger partial charge in [-0.05, 0) is 30.5 Å². The number of hydrogen-bond donors (Lipinski definition) is 1. The monoisotopic (exact) mass is 319 g/mol. The van der Waals surface area contributed by atoms with Gasteiger partial charge in [-0.25, -0.2) is 0 Å². The number of pyridine rings is 1. The molecule has 0 spiro atoms. The average molecular weight is 319 g/mol. The number of methoxy groups -OCH3 is 1. The number of carbonyl (C=O) groups is 1. The fourth-order valence-electron chi connectivity index (χ4n) is 3.68. The molecule has 2 fully saturated rings. The Morgan fingerprint density at radius 3 is 3.13 bits per heavy atom. The Morgan fingerprint density at radius 1 is 1.52 bits per heavy atom. The third-order valence-corrected chi connectivity index (χ3v) is 4.90. The largest absolute Gasteiger partial charge is 0.383 e. The number of piperidine rings is 1. The van der Waals surface area contributed by atoms with Crippen LogP contribution >= 0.6 is 0 Å². The Hall–Kier alpha value is -1.50. The quantitative estimate of drug-likeness (QED) is 0.787. The molecule has 0 radical (unpaired) electrons. The van der Waals surface area contributed by atoms with E-state index in [1.165, 1.54) is 5.56 Å². The van der Waals surface area contributed by atoms with Crippen LogP contribution in [0.1, 0.15) is 18.4 Å². The second-order valence-electron chi connectivity index (χ2n) is 6.37. The number of aromatic nitrogens is 1. The first-order chi connectivity index (χ1) is 11.2. The van der Waals surface area contributed by atoms with E-state index < -0.39 is 5.41 Å². The summed E-state index contributed by atoms with van der Waals surface area (Å²) in [7, 11) is 1.64. The first-order valence-electron chi connectivity index (χ1n) is 8.25. The van der Waals surface area contributed by atoms with Crippen LogP contribution in [0.25, 0.3) is 0 Å². The highest BCUT2D eigenvalue weighted by Crippen LogP contribution is 2.41. The van der Waals surface area contributed by atoms with Crippen molar-refractivity contribution in [1.82, 2.24) is 15.2 Å². The topological polar surface area (TPSA) is 63.7 Å². The molecular weight excluding hydrogens is 294 g/mol. The lowest BCUT2D eigenvalue weighted by Gasteiger charge is -2.42. The number of nitrogens with one attached hydrogen (secondary N) is 1. The van der Waals surface area contributed by atoms with E-state index in [1.807, 2.05) is 24.5 Å². The van der Waals surface area contributed by atoms with Crippen LogP contribution in [0.15, 0.2) is 24.5 Å². The van der Waals surface area contributed by atoms with Gasteiger partial charge >= 0.3 is 0 Å². The molecule has 0 saturated carbocycles. The average Bonchev–Trinajstić information content (AvgIpc) is 3.00.